The summed E-state index contributed by atoms with van der Waals surface area (Å²) in [5.41, 5.74) is 0.663. The number of alkyl halides is 1. The minimum Gasteiger partial charge on any atom is -0.256 e. The third-order valence-electron chi connectivity index (χ3n) is 3.11. The quantitative estimate of drug-likeness (QED) is 0.815. The second-order valence-electron chi connectivity index (χ2n) is 4.35. The van der Waals surface area contributed by atoms with E-state index >= 15 is 0 Å². The molecule has 0 aliphatic rings. The Morgan fingerprint density at radius 2 is 2.05 bits per heavy atom. The molecule has 1 aromatic heterocycles. The molecule has 0 N–H and O–H groups in total. The molecule has 1 heterocycles. The molecule has 2 rings (SSSR count). The molecule has 0 spiro atoms. The van der Waals surface area contributed by atoms with Crippen molar-refractivity contribution in [3.05, 3.63) is 36.5 Å². The van der Waals surface area contributed by atoms with Crippen molar-refractivity contribution in [3.63, 3.8) is 0 Å². The normalized spacial score (nSPS) is 13.9. The lowest BCUT2D eigenvalue weighted by Gasteiger charge is -2.23. The zero-order chi connectivity index (χ0) is 14.0. The smallest absolute Gasteiger partial charge is 0.243 e. The number of pyridine rings is 1. The van der Waals surface area contributed by atoms with E-state index in [0.29, 0.717) is 10.9 Å². The highest BCUT2D eigenvalue weighted by Gasteiger charge is 2.26. The molecule has 0 aliphatic heterocycles. The van der Waals surface area contributed by atoms with Gasteiger partial charge in [-0.05, 0) is 31.2 Å². The molecular formula is C13H15ClN2O2S. The standard InChI is InChI=1S/C13H15ClN2O2S/c1-10(9-14)16(2)19(17,18)13-7-3-6-12-11(13)5-4-8-15-12/h3-8,10H,9H2,1-2H3. The lowest BCUT2D eigenvalue weighted by Crippen LogP contribution is -2.36. The number of halogens is 1. The van der Waals surface area contributed by atoms with E-state index in [1.165, 1.54) is 11.4 Å². The van der Waals surface area contributed by atoms with Gasteiger partial charge in [0.05, 0.1) is 10.4 Å². The Morgan fingerprint density at radius 3 is 2.74 bits per heavy atom. The molecule has 0 saturated carbocycles. The third-order valence-corrected chi connectivity index (χ3v) is 5.58. The van der Waals surface area contributed by atoms with Gasteiger partial charge in [0.2, 0.25) is 10.0 Å². The number of sulfonamides is 1. The Kier molecular flexibility index (Phi) is 4.08. The van der Waals surface area contributed by atoms with Gasteiger partial charge in [0.25, 0.3) is 0 Å². The van der Waals surface area contributed by atoms with Gasteiger partial charge in [0.15, 0.2) is 0 Å². The maximum absolute atomic E-state index is 12.6. The predicted octanol–water partition coefficient (Wildman–Crippen LogP) is 2.48. The Labute approximate surface area is 118 Å². The predicted molar refractivity (Wildman–Crippen MR) is 76.9 cm³/mol. The van der Waals surface area contributed by atoms with Gasteiger partial charge in [-0.2, -0.15) is 4.31 Å². The van der Waals surface area contributed by atoms with Crippen molar-refractivity contribution in [3.8, 4) is 0 Å². The van der Waals surface area contributed by atoms with E-state index in [-0.39, 0.29) is 16.8 Å². The lowest BCUT2D eigenvalue weighted by atomic mass is 10.2. The van der Waals surface area contributed by atoms with Crippen LogP contribution in [0.5, 0.6) is 0 Å². The van der Waals surface area contributed by atoms with Crippen LogP contribution in [-0.2, 0) is 10.0 Å². The average molecular weight is 299 g/mol. The molecule has 0 fully saturated rings. The van der Waals surface area contributed by atoms with Crippen molar-refractivity contribution >= 4 is 32.5 Å². The molecule has 102 valence electrons. The monoisotopic (exact) mass is 298 g/mol. The van der Waals surface area contributed by atoms with E-state index in [0.717, 1.165) is 0 Å². The molecule has 4 nitrogen and oxygen atoms in total. The molecule has 0 bridgehead atoms. The number of hydrogen-bond donors (Lipinski definition) is 0. The van der Waals surface area contributed by atoms with Gasteiger partial charge < -0.3 is 0 Å². The van der Waals surface area contributed by atoms with Crippen LogP contribution in [0.3, 0.4) is 0 Å². The zero-order valence-electron chi connectivity index (χ0n) is 10.7. The molecule has 0 radical (unpaired) electrons. The Bertz CT molecular complexity index is 683. The van der Waals surface area contributed by atoms with Crippen LogP contribution in [0.1, 0.15) is 6.92 Å². The summed E-state index contributed by atoms with van der Waals surface area (Å²) >= 11 is 5.74. The Morgan fingerprint density at radius 1 is 1.32 bits per heavy atom. The minimum absolute atomic E-state index is 0.249. The van der Waals surface area contributed by atoms with Gasteiger partial charge in [-0.15, -0.1) is 11.6 Å². The number of aromatic nitrogens is 1. The highest BCUT2D eigenvalue weighted by molar-refractivity contribution is 7.89. The fourth-order valence-electron chi connectivity index (χ4n) is 1.79. The van der Waals surface area contributed by atoms with E-state index < -0.39 is 10.0 Å². The summed E-state index contributed by atoms with van der Waals surface area (Å²) in [4.78, 5) is 4.43. The SMILES string of the molecule is CC(CCl)N(C)S(=O)(=O)c1cccc2ncccc12. The van der Waals surface area contributed by atoms with Crippen molar-refractivity contribution in [1.82, 2.24) is 9.29 Å². The maximum Gasteiger partial charge on any atom is 0.243 e. The third kappa shape index (κ3) is 2.59. The average Bonchev–Trinajstić information content (AvgIpc) is 2.44. The van der Waals surface area contributed by atoms with Gasteiger partial charge in [-0.1, -0.05) is 6.07 Å². The molecule has 2 aromatic rings. The van der Waals surface area contributed by atoms with Crippen LogP contribution in [0, 0.1) is 0 Å². The van der Waals surface area contributed by atoms with Crippen molar-refractivity contribution < 1.29 is 8.42 Å². The molecule has 19 heavy (non-hydrogen) atoms. The largest absolute Gasteiger partial charge is 0.256 e. The summed E-state index contributed by atoms with van der Waals surface area (Å²) in [6, 6.07) is 8.30. The van der Waals surface area contributed by atoms with Crippen molar-refractivity contribution in [2.45, 2.75) is 17.9 Å². The van der Waals surface area contributed by atoms with Crippen LogP contribution in [0.15, 0.2) is 41.4 Å². The fourth-order valence-corrected chi connectivity index (χ4v) is 3.64. The van der Waals surface area contributed by atoms with E-state index in [1.54, 1.807) is 43.5 Å². The molecule has 1 unspecified atom stereocenters. The highest BCUT2D eigenvalue weighted by Crippen LogP contribution is 2.24. The van der Waals surface area contributed by atoms with Crippen LogP contribution in [0.2, 0.25) is 0 Å². The van der Waals surface area contributed by atoms with Gasteiger partial charge in [-0.3, -0.25) is 4.98 Å². The summed E-state index contributed by atoms with van der Waals surface area (Å²) in [6.45, 7) is 1.77. The van der Waals surface area contributed by atoms with Gasteiger partial charge in [-0.25, -0.2) is 8.42 Å². The minimum atomic E-state index is -3.57. The van der Waals surface area contributed by atoms with Crippen LogP contribution in [0.4, 0.5) is 0 Å². The molecule has 0 aliphatic carbocycles. The van der Waals surface area contributed by atoms with Crippen molar-refractivity contribution in [1.29, 1.82) is 0 Å². The molecular weight excluding hydrogens is 284 g/mol. The number of fused-ring (bicyclic) bond motifs is 1. The Hall–Kier alpha value is -1.17. The molecule has 1 aromatic carbocycles. The van der Waals surface area contributed by atoms with Crippen LogP contribution < -0.4 is 0 Å². The second kappa shape index (κ2) is 5.45. The van der Waals surface area contributed by atoms with Crippen molar-refractivity contribution in [2.75, 3.05) is 12.9 Å². The fraction of sp³-hybridized carbons (Fsp3) is 0.308. The summed E-state index contributed by atoms with van der Waals surface area (Å²) in [5, 5.41) is 0.624. The number of nitrogens with zero attached hydrogens (tertiary/aromatic N) is 2. The highest BCUT2D eigenvalue weighted by atomic mass is 35.5. The summed E-state index contributed by atoms with van der Waals surface area (Å²) in [7, 11) is -2.03. The maximum atomic E-state index is 12.6. The van der Waals surface area contributed by atoms with Gasteiger partial charge >= 0.3 is 0 Å². The van der Waals surface area contributed by atoms with Crippen LogP contribution >= 0.6 is 11.6 Å². The number of benzene rings is 1. The number of rotatable bonds is 4. The first-order chi connectivity index (χ1) is 8.98. The first kappa shape index (κ1) is 14.2. The lowest BCUT2D eigenvalue weighted by molar-refractivity contribution is 0.414. The summed E-state index contributed by atoms with van der Waals surface area (Å²) in [5.74, 6) is 0.249. The van der Waals surface area contributed by atoms with Gasteiger partial charge in [0.1, 0.15) is 0 Å². The first-order valence-electron chi connectivity index (χ1n) is 5.86. The number of hydrogen-bond acceptors (Lipinski definition) is 3. The Balaban J connectivity index is 2.61. The summed E-state index contributed by atoms with van der Waals surface area (Å²) in [6.07, 6.45) is 1.64. The molecule has 0 amide bonds. The molecule has 1 atom stereocenters. The summed E-state index contributed by atoms with van der Waals surface area (Å²) < 4.78 is 26.5. The van der Waals surface area contributed by atoms with Crippen LogP contribution in [0.25, 0.3) is 10.9 Å². The van der Waals surface area contributed by atoms with E-state index in [9.17, 15) is 8.42 Å². The van der Waals surface area contributed by atoms with E-state index in [1.807, 2.05) is 0 Å². The zero-order valence-corrected chi connectivity index (χ0v) is 12.3. The van der Waals surface area contributed by atoms with Gasteiger partial charge in [0, 0.05) is 30.6 Å². The second-order valence-corrected chi connectivity index (χ2v) is 6.63. The molecule has 6 heteroatoms. The van der Waals surface area contributed by atoms with Crippen molar-refractivity contribution in [2.24, 2.45) is 0 Å². The topological polar surface area (TPSA) is 50.3 Å². The molecule has 0 saturated heterocycles. The van der Waals surface area contributed by atoms with E-state index in [4.69, 9.17) is 11.6 Å². The first-order valence-corrected chi connectivity index (χ1v) is 7.83. The van der Waals surface area contributed by atoms with Crippen LogP contribution in [-0.4, -0.2) is 36.7 Å². The van der Waals surface area contributed by atoms with E-state index in [2.05, 4.69) is 4.98 Å².